The first-order valence-electron chi connectivity index (χ1n) is 11.0. The first-order valence-corrected chi connectivity index (χ1v) is 11.0. The van der Waals surface area contributed by atoms with E-state index in [9.17, 15) is 18.8 Å². The van der Waals surface area contributed by atoms with Crippen molar-refractivity contribution in [2.24, 2.45) is 11.7 Å². The number of ketones is 1. The van der Waals surface area contributed by atoms with E-state index in [0.717, 1.165) is 11.3 Å². The fourth-order valence-corrected chi connectivity index (χ4v) is 5.94. The van der Waals surface area contributed by atoms with E-state index in [2.05, 4.69) is 5.32 Å². The number of primary amides is 1. The minimum Gasteiger partial charge on any atom is -0.368 e. The molecular weight excluding hydrogens is 433 g/mol. The highest BCUT2D eigenvalue weighted by atomic mass is 19.1. The number of Topliss-reactive ketones (excluding diaryl/α,β-unsaturated/α-hetero) is 1. The van der Waals surface area contributed by atoms with E-state index in [1.54, 1.807) is 12.1 Å². The Morgan fingerprint density at radius 2 is 1.68 bits per heavy atom. The van der Waals surface area contributed by atoms with E-state index < -0.39 is 40.9 Å². The molecule has 0 saturated carbocycles. The molecule has 1 fully saturated rings. The highest BCUT2D eigenvalue weighted by molar-refractivity contribution is 6.16. The molecule has 3 N–H and O–H groups in total. The smallest absolute Gasteiger partial charge is 0.240 e. The number of carbonyl (C=O) groups excluding carboxylic acids is 3. The van der Waals surface area contributed by atoms with Crippen molar-refractivity contribution in [1.82, 2.24) is 0 Å². The van der Waals surface area contributed by atoms with Gasteiger partial charge in [0.1, 0.15) is 17.3 Å². The number of rotatable bonds is 3. The molecule has 0 radical (unpaired) electrons. The van der Waals surface area contributed by atoms with Gasteiger partial charge in [-0.1, -0.05) is 48.6 Å². The number of benzene rings is 3. The number of amides is 2. The molecule has 1 unspecified atom stereocenters. The van der Waals surface area contributed by atoms with Gasteiger partial charge in [-0.15, -0.1) is 0 Å². The molecule has 3 aromatic rings. The average molecular weight is 453 g/mol. The maximum Gasteiger partial charge on any atom is 0.240 e. The fourth-order valence-electron chi connectivity index (χ4n) is 5.94. The third kappa shape index (κ3) is 2.52. The number of halogens is 1. The molecule has 0 aliphatic carbocycles. The number of anilines is 2. The average Bonchev–Trinajstić information content (AvgIpc) is 3.32. The first-order chi connectivity index (χ1) is 16.4. The highest BCUT2D eigenvalue weighted by Crippen LogP contribution is 2.57. The fraction of sp³-hybridized carbons (Fsp3) is 0.148. The number of para-hydroxylation sites is 2. The lowest BCUT2D eigenvalue weighted by Gasteiger charge is -2.37. The van der Waals surface area contributed by atoms with Gasteiger partial charge in [0.2, 0.25) is 11.8 Å². The summed E-state index contributed by atoms with van der Waals surface area (Å²) in [7, 11) is 0. The third-order valence-corrected chi connectivity index (χ3v) is 7.24. The summed E-state index contributed by atoms with van der Waals surface area (Å²) in [6.07, 6.45) is 3.78. The Labute approximate surface area is 194 Å². The number of carbonyl (C=O) groups is 3. The summed E-state index contributed by atoms with van der Waals surface area (Å²) in [6, 6.07) is 18.1. The van der Waals surface area contributed by atoms with Crippen LogP contribution in [-0.4, -0.2) is 29.7 Å². The predicted molar refractivity (Wildman–Crippen MR) is 126 cm³/mol. The number of nitrogens with one attached hydrogen (secondary N) is 1. The number of nitrogens with zero attached hydrogens (tertiary/aromatic N) is 1. The number of fused-ring (bicyclic) bond motifs is 6. The molecule has 3 aromatic carbocycles. The lowest BCUT2D eigenvalue weighted by Crippen LogP contribution is -2.51. The molecule has 1 saturated heterocycles. The van der Waals surface area contributed by atoms with Crippen LogP contribution >= 0.6 is 0 Å². The second kappa shape index (κ2) is 7.12. The molecular formula is C27H20FN3O3. The summed E-state index contributed by atoms with van der Waals surface area (Å²) in [5.74, 6) is -3.11. The summed E-state index contributed by atoms with van der Waals surface area (Å²) >= 11 is 0. The summed E-state index contributed by atoms with van der Waals surface area (Å²) < 4.78 is 13.6. The molecule has 0 aromatic heterocycles. The van der Waals surface area contributed by atoms with Gasteiger partial charge in [-0.2, -0.15) is 0 Å². The van der Waals surface area contributed by atoms with Crippen LogP contribution in [0.3, 0.4) is 0 Å². The van der Waals surface area contributed by atoms with Crippen molar-refractivity contribution in [3.63, 3.8) is 0 Å². The molecule has 0 bridgehead atoms. The van der Waals surface area contributed by atoms with Crippen LogP contribution in [0.15, 0.2) is 78.9 Å². The van der Waals surface area contributed by atoms with E-state index in [1.165, 1.54) is 24.3 Å². The van der Waals surface area contributed by atoms with Crippen molar-refractivity contribution < 1.29 is 18.8 Å². The Kier molecular flexibility index (Phi) is 4.26. The quantitative estimate of drug-likeness (QED) is 0.596. The van der Waals surface area contributed by atoms with Gasteiger partial charge in [-0.3, -0.25) is 14.4 Å². The molecule has 1 spiro atoms. The van der Waals surface area contributed by atoms with Crippen LogP contribution < -0.4 is 16.0 Å². The lowest BCUT2D eigenvalue weighted by molar-refractivity contribution is -0.122. The Bertz CT molecular complexity index is 1400. The minimum atomic E-state index is -1.40. The van der Waals surface area contributed by atoms with Crippen molar-refractivity contribution >= 4 is 35.0 Å². The van der Waals surface area contributed by atoms with Crippen LogP contribution in [0.4, 0.5) is 15.8 Å². The Morgan fingerprint density at radius 3 is 2.44 bits per heavy atom. The minimum absolute atomic E-state index is 0.214. The molecule has 3 aliphatic heterocycles. The van der Waals surface area contributed by atoms with Crippen LogP contribution in [0, 0.1) is 11.7 Å². The van der Waals surface area contributed by atoms with Gasteiger partial charge in [0, 0.05) is 16.9 Å². The van der Waals surface area contributed by atoms with Gasteiger partial charge >= 0.3 is 0 Å². The van der Waals surface area contributed by atoms with Gasteiger partial charge in [0.25, 0.3) is 0 Å². The second-order valence-electron chi connectivity index (χ2n) is 8.83. The van der Waals surface area contributed by atoms with Crippen LogP contribution in [0.25, 0.3) is 6.08 Å². The molecule has 6 nitrogen and oxygen atoms in total. The van der Waals surface area contributed by atoms with Gasteiger partial charge in [-0.05, 0) is 47.5 Å². The van der Waals surface area contributed by atoms with Crippen molar-refractivity contribution in [3.8, 4) is 0 Å². The Balaban J connectivity index is 1.66. The monoisotopic (exact) mass is 453 g/mol. The molecule has 7 heteroatoms. The van der Waals surface area contributed by atoms with Crippen LogP contribution in [0.2, 0.25) is 0 Å². The van der Waals surface area contributed by atoms with Gasteiger partial charge < -0.3 is 16.0 Å². The number of hydrogen-bond acceptors (Lipinski definition) is 4. The molecule has 2 amide bonds. The molecule has 3 aliphatic rings. The largest absolute Gasteiger partial charge is 0.368 e. The van der Waals surface area contributed by atoms with Crippen molar-refractivity contribution in [2.75, 3.05) is 10.2 Å². The molecule has 6 rings (SSSR count). The van der Waals surface area contributed by atoms with Crippen LogP contribution in [0.5, 0.6) is 0 Å². The zero-order valence-electron chi connectivity index (χ0n) is 17.9. The summed E-state index contributed by atoms with van der Waals surface area (Å²) in [4.78, 5) is 42.8. The SMILES string of the molecule is NC(=O)[C@@H]1[C@H](C(=O)c2ccc(F)cc2)[C@@]2(C(=O)Nc3ccccc32)C2C=Cc3ccccc3N21. The van der Waals surface area contributed by atoms with E-state index in [-0.39, 0.29) is 11.5 Å². The maximum atomic E-state index is 14.1. The summed E-state index contributed by atoms with van der Waals surface area (Å²) in [5.41, 5.74) is 7.61. The van der Waals surface area contributed by atoms with Crippen LogP contribution in [-0.2, 0) is 15.0 Å². The Hall–Kier alpha value is -4.26. The zero-order chi connectivity index (χ0) is 23.6. The maximum absolute atomic E-state index is 14.1. The van der Waals surface area contributed by atoms with Crippen molar-refractivity contribution in [1.29, 1.82) is 0 Å². The van der Waals surface area contributed by atoms with Crippen molar-refractivity contribution in [3.05, 3.63) is 101 Å². The standard InChI is InChI=1S/C27H20FN3O3/c28-17-12-9-16(10-13-17)24(32)22-23(25(29)33)31-20-8-4-1-5-15(20)11-14-21(31)27(22)18-6-2-3-7-19(18)30-26(27)34/h1-14,21-23H,(H2,29,33)(H,30,34)/t21?,22-,23+,27+/m1/s1. The molecule has 168 valence electrons. The summed E-state index contributed by atoms with van der Waals surface area (Å²) in [5, 5.41) is 2.93. The topological polar surface area (TPSA) is 92.5 Å². The summed E-state index contributed by atoms with van der Waals surface area (Å²) in [6.45, 7) is 0. The molecule has 4 atom stereocenters. The first kappa shape index (κ1) is 20.4. The van der Waals surface area contributed by atoms with Gasteiger partial charge in [-0.25, -0.2) is 4.39 Å². The van der Waals surface area contributed by atoms with Crippen molar-refractivity contribution in [2.45, 2.75) is 17.5 Å². The second-order valence-corrected chi connectivity index (χ2v) is 8.83. The number of nitrogens with two attached hydrogens (primary N) is 1. The third-order valence-electron chi connectivity index (χ3n) is 7.24. The molecule has 3 heterocycles. The van der Waals surface area contributed by atoms with E-state index >= 15 is 0 Å². The van der Waals surface area contributed by atoms with Crippen LogP contribution in [0.1, 0.15) is 21.5 Å². The highest BCUT2D eigenvalue weighted by Gasteiger charge is 2.70. The molecule has 34 heavy (non-hydrogen) atoms. The normalized spacial score (nSPS) is 26.1. The van der Waals surface area contributed by atoms with Gasteiger partial charge in [0.15, 0.2) is 5.78 Å². The number of hydrogen-bond donors (Lipinski definition) is 2. The van der Waals surface area contributed by atoms with Gasteiger partial charge in [0.05, 0.1) is 12.0 Å². The predicted octanol–water partition coefficient (Wildman–Crippen LogP) is 3.28. The van der Waals surface area contributed by atoms with E-state index in [0.29, 0.717) is 11.3 Å². The van der Waals surface area contributed by atoms with E-state index in [1.807, 2.05) is 53.5 Å². The van der Waals surface area contributed by atoms with E-state index in [4.69, 9.17) is 5.73 Å². The lowest BCUT2D eigenvalue weighted by atomic mass is 9.64. The zero-order valence-corrected chi connectivity index (χ0v) is 17.9. The Morgan fingerprint density at radius 1 is 0.971 bits per heavy atom.